The molecule has 2 aromatic heterocycles. The van der Waals surface area contributed by atoms with E-state index >= 15 is 0 Å². The Hall–Kier alpha value is -1.62. The minimum Gasteiger partial charge on any atom is -0.394 e. The number of nitrogens with two attached hydrogens (primary N) is 1. The molecular formula is C28H51N5O6Si2. The lowest BCUT2D eigenvalue weighted by molar-refractivity contribution is -0.158. The number of imidazole rings is 1. The molecule has 0 aliphatic carbocycles. The molecule has 0 bridgehead atoms. The van der Waals surface area contributed by atoms with Crippen molar-refractivity contribution < 1.29 is 23.4 Å². The summed E-state index contributed by atoms with van der Waals surface area (Å²) in [5.74, 6) is 0.0107. The molecule has 0 saturated carbocycles. The minimum atomic E-state index is -2.20. The predicted molar refractivity (Wildman–Crippen MR) is 165 cm³/mol. The third-order valence-electron chi connectivity index (χ3n) is 8.27. The fourth-order valence-corrected chi connectivity index (χ4v) is 14.3. The first-order valence-corrected chi connectivity index (χ1v) is 18.5. The number of anilines is 1. The highest BCUT2D eigenvalue weighted by Crippen LogP contribution is 2.53. The SMILES string of the molecule is CC(C)[Si](OCO[C@H]1[C@H](n2cnc3c(=O)[nH]c(N)nc32)O[C@@]2([SiH2]C2OC(C)(C)C)[C@H]1OC(C)(C)C)(C(C)C)C(C)C. The minimum absolute atomic E-state index is 0.0107. The molecule has 11 nitrogen and oxygen atoms in total. The van der Waals surface area contributed by atoms with Gasteiger partial charge in [0.2, 0.25) is 14.3 Å². The van der Waals surface area contributed by atoms with E-state index in [-0.39, 0.29) is 29.6 Å². The normalized spacial score (nSPS) is 27.9. The average Bonchev–Trinajstić information content (AvgIpc) is 3.14. The van der Waals surface area contributed by atoms with Crippen molar-refractivity contribution in [2.75, 3.05) is 12.5 Å². The highest BCUT2D eigenvalue weighted by Gasteiger charge is 2.72. The predicted octanol–water partition coefficient (Wildman–Crippen LogP) is 3.97. The molecule has 5 atom stereocenters. The second kappa shape index (κ2) is 11.1. The number of H-pyrrole nitrogens is 1. The second-order valence-corrected chi connectivity index (χ2v) is 22.2. The maximum Gasteiger partial charge on any atom is 0.280 e. The van der Waals surface area contributed by atoms with Gasteiger partial charge in [-0.1, -0.05) is 41.5 Å². The molecule has 232 valence electrons. The van der Waals surface area contributed by atoms with Gasteiger partial charge in [0.05, 0.1) is 23.3 Å². The largest absolute Gasteiger partial charge is 0.394 e. The van der Waals surface area contributed by atoms with Crippen LogP contribution >= 0.6 is 0 Å². The Morgan fingerprint density at radius 2 is 1.66 bits per heavy atom. The van der Waals surface area contributed by atoms with E-state index in [0.717, 1.165) is 0 Å². The number of fused-ring (bicyclic) bond motifs is 1. The molecule has 1 spiro atoms. The maximum atomic E-state index is 12.6. The fourth-order valence-electron chi connectivity index (χ4n) is 6.79. The Morgan fingerprint density at radius 3 is 2.20 bits per heavy atom. The molecule has 3 N–H and O–H groups in total. The first-order valence-electron chi connectivity index (χ1n) is 14.8. The molecule has 1 unspecified atom stereocenters. The number of nitrogens with one attached hydrogen (secondary N) is 1. The number of nitrogen functional groups attached to an aromatic ring is 1. The Labute approximate surface area is 247 Å². The standard InChI is InChI=1S/C28H51N5O6Si2/c1-15(2)41(16(3)4,17(5)6)36-14-35-19-20(37-26(7,8)9)28(24(40-28)39-27(10,11)12)38-23(19)33-13-30-18-21(33)31-25(29)32-22(18)34/h13,15-17,19-20,23-24H,14,40H2,1-12H3,(H3,29,31,32,34)/t19-,20+,23-,24?,28-/m1/s1. The van der Waals surface area contributed by atoms with Crippen LogP contribution in [0.4, 0.5) is 5.95 Å². The quantitative estimate of drug-likeness (QED) is 0.303. The molecular weight excluding hydrogens is 559 g/mol. The van der Waals surface area contributed by atoms with E-state index in [2.05, 4.69) is 77.3 Å². The number of hydrogen-bond donors (Lipinski definition) is 2. The summed E-state index contributed by atoms with van der Waals surface area (Å²) in [5, 5.41) is -0.609. The molecule has 41 heavy (non-hydrogen) atoms. The van der Waals surface area contributed by atoms with Crippen molar-refractivity contribution in [1.29, 1.82) is 0 Å². The monoisotopic (exact) mass is 609 g/mol. The van der Waals surface area contributed by atoms with Gasteiger partial charge in [-0.25, -0.2) is 4.98 Å². The van der Waals surface area contributed by atoms with Crippen LogP contribution in [0.2, 0.25) is 16.6 Å². The van der Waals surface area contributed by atoms with Gasteiger partial charge in [0, 0.05) is 0 Å². The number of rotatable bonds is 10. The summed E-state index contributed by atoms with van der Waals surface area (Å²) < 4.78 is 35.4. The molecule has 4 rings (SSSR count). The van der Waals surface area contributed by atoms with E-state index in [1.54, 1.807) is 10.9 Å². The van der Waals surface area contributed by atoms with Gasteiger partial charge < -0.3 is 29.1 Å². The van der Waals surface area contributed by atoms with Crippen LogP contribution in [-0.4, -0.2) is 78.5 Å². The topological polar surface area (TPSA) is 136 Å². The van der Waals surface area contributed by atoms with Gasteiger partial charge in [-0.05, 0) is 58.2 Å². The molecule has 2 aliphatic heterocycles. The average molecular weight is 610 g/mol. The fraction of sp³-hybridized carbons (Fsp3) is 0.821. The Bertz CT molecular complexity index is 1260. The molecule has 2 aromatic rings. The van der Waals surface area contributed by atoms with Gasteiger partial charge in [-0.3, -0.25) is 14.3 Å². The highest BCUT2D eigenvalue weighted by molar-refractivity contribution is 6.77. The van der Waals surface area contributed by atoms with Crippen molar-refractivity contribution in [3.63, 3.8) is 0 Å². The van der Waals surface area contributed by atoms with E-state index in [1.807, 2.05) is 20.8 Å². The zero-order chi connectivity index (χ0) is 30.7. The van der Waals surface area contributed by atoms with Crippen molar-refractivity contribution >= 4 is 34.9 Å². The van der Waals surface area contributed by atoms with E-state index in [1.165, 1.54) is 0 Å². The molecule has 0 aromatic carbocycles. The first-order chi connectivity index (χ1) is 18.8. The van der Waals surface area contributed by atoms with Crippen LogP contribution < -0.4 is 11.3 Å². The van der Waals surface area contributed by atoms with Crippen molar-refractivity contribution in [1.82, 2.24) is 19.5 Å². The van der Waals surface area contributed by atoms with Crippen molar-refractivity contribution in [2.24, 2.45) is 0 Å². The number of hydrogen-bond acceptors (Lipinski definition) is 9. The lowest BCUT2D eigenvalue weighted by atomic mass is 10.1. The lowest BCUT2D eigenvalue weighted by Gasteiger charge is -2.42. The van der Waals surface area contributed by atoms with Crippen molar-refractivity contribution in [2.45, 2.75) is 140 Å². The van der Waals surface area contributed by atoms with Gasteiger partial charge >= 0.3 is 0 Å². The molecule has 2 saturated heterocycles. The number of aromatic amines is 1. The van der Waals surface area contributed by atoms with Crippen molar-refractivity contribution in [3.8, 4) is 0 Å². The van der Waals surface area contributed by atoms with Crippen LogP contribution in [0.25, 0.3) is 11.2 Å². The number of ether oxygens (including phenoxy) is 4. The maximum absolute atomic E-state index is 12.6. The van der Waals surface area contributed by atoms with Gasteiger partial charge in [0.25, 0.3) is 5.56 Å². The van der Waals surface area contributed by atoms with E-state index in [9.17, 15) is 4.79 Å². The summed E-state index contributed by atoms with van der Waals surface area (Å²) in [4.78, 5) is 23.9. The number of nitrogens with zero attached hydrogens (tertiary/aromatic N) is 3. The van der Waals surface area contributed by atoms with E-state index < -0.39 is 52.7 Å². The van der Waals surface area contributed by atoms with Gasteiger partial charge in [0.1, 0.15) is 33.7 Å². The summed E-state index contributed by atoms with van der Waals surface area (Å²) in [6.45, 7) is 25.9. The third-order valence-corrected chi connectivity index (χ3v) is 16.6. The van der Waals surface area contributed by atoms with Crippen LogP contribution in [0.1, 0.15) is 89.3 Å². The molecule has 0 radical (unpaired) electrons. The van der Waals surface area contributed by atoms with Gasteiger partial charge in [-0.2, -0.15) is 4.98 Å². The van der Waals surface area contributed by atoms with Crippen LogP contribution in [0, 0.1) is 0 Å². The number of aromatic nitrogens is 4. The molecule has 13 heteroatoms. The highest BCUT2D eigenvalue weighted by atomic mass is 28.4. The molecule has 2 aliphatic rings. The van der Waals surface area contributed by atoms with Crippen molar-refractivity contribution in [3.05, 3.63) is 16.7 Å². The smallest absolute Gasteiger partial charge is 0.280 e. The van der Waals surface area contributed by atoms with Gasteiger partial charge in [0.15, 0.2) is 17.4 Å². The third kappa shape index (κ3) is 6.22. The summed E-state index contributed by atoms with van der Waals surface area (Å²) in [7, 11) is -3.08. The van der Waals surface area contributed by atoms with Crippen LogP contribution in [0.15, 0.2) is 11.1 Å². The lowest BCUT2D eigenvalue weighted by Crippen LogP contribution is -2.49. The molecule has 2 fully saturated rings. The zero-order valence-electron chi connectivity index (χ0n) is 26.9. The Balaban J connectivity index is 1.76. The summed E-state index contributed by atoms with van der Waals surface area (Å²) in [6, 6.07) is 0. The van der Waals surface area contributed by atoms with Crippen LogP contribution in [0.5, 0.6) is 0 Å². The van der Waals surface area contributed by atoms with Crippen LogP contribution in [0.3, 0.4) is 0 Å². The Kier molecular flexibility index (Phi) is 8.78. The van der Waals surface area contributed by atoms with E-state index in [4.69, 9.17) is 29.1 Å². The Morgan fingerprint density at radius 1 is 1.07 bits per heavy atom. The summed E-state index contributed by atoms with van der Waals surface area (Å²) >= 11 is 0. The summed E-state index contributed by atoms with van der Waals surface area (Å²) in [6.07, 6.45) is -0.0763. The van der Waals surface area contributed by atoms with Gasteiger partial charge in [-0.15, -0.1) is 0 Å². The zero-order valence-corrected chi connectivity index (χ0v) is 29.3. The molecule has 4 heterocycles. The van der Waals surface area contributed by atoms with E-state index in [0.29, 0.717) is 22.3 Å². The van der Waals surface area contributed by atoms with Crippen LogP contribution in [-0.2, 0) is 23.4 Å². The molecule has 0 amide bonds. The summed E-state index contributed by atoms with van der Waals surface area (Å²) in [5.41, 5.74) is 6.42. The second-order valence-electron chi connectivity index (χ2n) is 14.5. The first kappa shape index (κ1) is 32.3.